The molecule has 0 aromatic carbocycles. The zero-order valence-corrected chi connectivity index (χ0v) is 11.0. The van der Waals surface area contributed by atoms with E-state index in [9.17, 15) is 0 Å². The summed E-state index contributed by atoms with van der Waals surface area (Å²) in [6.07, 6.45) is 8.01. The van der Waals surface area contributed by atoms with Crippen molar-refractivity contribution in [3.05, 3.63) is 0 Å². The highest BCUT2D eigenvalue weighted by atomic mass is 16.3. The number of nitrogens with one attached hydrogen (secondary N) is 1. The quantitative estimate of drug-likeness (QED) is 0.701. The van der Waals surface area contributed by atoms with Crippen molar-refractivity contribution in [2.45, 2.75) is 52.4 Å². The first-order valence-corrected chi connectivity index (χ1v) is 7.07. The fourth-order valence-electron chi connectivity index (χ4n) is 2.81. The average molecular weight is 227 g/mol. The molecule has 16 heavy (non-hydrogen) atoms. The Kier molecular flexibility index (Phi) is 7.06. The lowest BCUT2D eigenvalue weighted by molar-refractivity contribution is 0.240. The Labute approximate surface area is 101 Å². The molecule has 0 amide bonds. The van der Waals surface area contributed by atoms with Crippen LogP contribution in [0, 0.1) is 17.8 Å². The maximum Gasteiger partial charge on any atom is 0.0434 e. The van der Waals surface area contributed by atoms with E-state index in [1.807, 2.05) is 0 Å². The van der Waals surface area contributed by atoms with E-state index in [-0.39, 0.29) is 0 Å². The van der Waals surface area contributed by atoms with E-state index in [1.54, 1.807) is 0 Å². The summed E-state index contributed by atoms with van der Waals surface area (Å²) >= 11 is 0. The standard InChI is InChI=1S/C14H29NO/c1-3-13-5-4-6-14(9-13)11-15-10-12(2)7-8-16/h12-16H,3-11H2,1-2H3. The van der Waals surface area contributed by atoms with Crippen LogP contribution in [0.1, 0.15) is 52.4 Å². The summed E-state index contributed by atoms with van der Waals surface area (Å²) < 4.78 is 0. The van der Waals surface area contributed by atoms with Crippen LogP contribution in [0.25, 0.3) is 0 Å². The molecule has 2 N–H and O–H groups in total. The molecule has 0 spiro atoms. The highest BCUT2D eigenvalue weighted by molar-refractivity contribution is 4.74. The van der Waals surface area contributed by atoms with E-state index < -0.39 is 0 Å². The van der Waals surface area contributed by atoms with Gasteiger partial charge in [0, 0.05) is 6.61 Å². The molecule has 0 aromatic rings. The highest BCUT2D eigenvalue weighted by Crippen LogP contribution is 2.30. The van der Waals surface area contributed by atoms with E-state index in [1.165, 1.54) is 38.6 Å². The lowest BCUT2D eigenvalue weighted by atomic mass is 9.80. The molecule has 1 rings (SSSR count). The smallest absolute Gasteiger partial charge is 0.0434 e. The van der Waals surface area contributed by atoms with Gasteiger partial charge in [-0.25, -0.2) is 0 Å². The summed E-state index contributed by atoms with van der Waals surface area (Å²) in [5, 5.41) is 12.4. The summed E-state index contributed by atoms with van der Waals surface area (Å²) in [6, 6.07) is 0. The van der Waals surface area contributed by atoms with Crippen LogP contribution in [-0.4, -0.2) is 24.8 Å². The predicted octanol–water partition coefficient (Wildman–Crippen LogP) is 2.81. The minimum atomic E-state index is 0.324. The van der Waals surface area contributed by atoms with Gasteiger partial charge in [-0.2, -0.15) is 0 Å². The Morgan fingerprint density at radius 1 is 1.31 bits per heavy atom. The second kappa shape index (κ2) is 8.08. The molecule has 0 aliphatic heterocycles. The molecule has 2 heteroatoms. The molecular weight excluding hydrogens is 198 g/mol. The molecule has 1 aliphatic carbocycles. The third kappa shape index (κ3) is 5.31. The number of rotatable bonds is 7. The maximum absolute atomic E-state index is 8.82. The molecule has 0 radical (unpaired) electrons. The zero-order valence-electron chi connectivity index (χ0n) is 11.0. The Bertz CT molecular complexity index is 172. The number of hydrogen-bond donors (Lipinski definition) is 2. The normalized spacial score (nSPS) is 27.9. The molecule has 3 unspecified atom stereocenters. The van der Waals surface area contributed by atoms with Crippen molar-refractivity contribution in [1.29, 1.82) is 0 Å². The molecule has 1 fully saturated rings. The lowest BCUT2D eigenvalue weighted by Crippen LogP contribution is -2.30. The van der Waals surface area contributed by atoms with Crippen molar-refractivity contribution in [2.24, 2.45) is 17.8 Å². The Morgan fingerprint density at radius 2 is 2.06 bits per heavy atom. The van der Waals surface area contributed by atoms with Gasteiger partial charge < -0.3 is 10.4 Å². The van der Waals surface area contributed by atoms with Crippen molar-refractivity contribution in [3.63, 3.8) is 0 Å². The first kappa shape index (κ1) is 14.0. The van der Waals surface area contributed by atoms with Crippen molar-refractivity contribution >= 4 is 0 Å². The molecular formula is C14H29NO. The summed E-state index contributed by atoms with van der Waals surface area (Å²) in [5.74, 6) is 2.49. The SMILES string of the molecule is CCC1CCCC(CNCC(C)CCO)C1. The number of aliphatic hydroxyl groups is 1. The van der Waals surface area contributed by atoms with Gasteiger partial charge >= 0.3 is 0 Å². The van der Waals surface area contributed by atoms with Crippen LogP contribution in [0.15, 0.2) is 0 Å². The van der Waals surface area contributed by atoms with E-state index >= 15 is 0 Å². The molecule has 3 atom stereocenters. The van der Waals surface area contributed by atoms with Gasteiger partial charge in [-0.3, -0.25) is 0 Å². The molecule has 2 nitrogen and oxygen atoms in total. The van der Waals surface area contributed by atoms with Crippen LogP contribution >= 0.6 is 0 Å². The van der Waals surface area contributed by atoms with Gasteiger partial charge in [0.1, 0.15) is 0 Å². The summed E-state index contributed by atoms with van der Waals surface area (Å²) in [7, 11) is 0. The zero-order chi connectivity index (χ0) is 11.8. The van der Waals surface area contributed by atoms with Crippen molar-refractivity contribution < 1.29 is 5.11 Å². The van der Waals surface area contributed by atoms with E-state index in [4.69, 9.17) is 5.11 Å². The van der Waals surface area contributed by atoms with Gasteiger partial charge in [0.05, 0.1) is 0 Å². The van der Waals surface area contributed by atoms with Gasteiger partial charge in [-0.05, 0) is 50.1 Å². The van der Waals surface area contributed by atoms with E-state index in [0.29, 0.717) is 12.5 Å². The minimum Gasteiger partial charge on any atom is -0.396 e. The summed E-state index contributed by atoms with van der Waals surface area (Å²) in [5.41, 5.74) is 0. The van der Waals surface area contributed by atoms with Gasteiger partial charge in [0.25, 0.3) is 0 Å². The van der Waals surface area contributed by atoms with Gasteiger partial charge in [-0.1, -0.05) is 33.1 Å². The van der Waals surface area contributed by atoms with Gasteiger partial charge in [-0.15, -0.1) is 0 Å². The first-order valence-electron chi connectivity index (χ1n) is 7.07. The topological polar surface area (TPSA) is 32.3 Å². The number of aliphatic hydroxyl groups excluding tert-OH is 1. The monoisotopic (exact) mass is 227 g/mol. The van der Waals surface area contributed by atoms with Crippen LogP contribution in [0.2, 0.25) is 0 Å². The average Bonchev–Trinajstić information content (AvgIpc) is 2.30. The van der Waals surface area contributed by atoms with Crippen molar-refractivity contribution in [1.82, 2.24) is 5.32 Å². The summed E-state index contributed by atoms with van der Waals surface area (Å²) in [6.45, 7) is 7.10. The van der Waals surface area contributed by atoms with E-state index in [0.717, 1.165) is 24.8 Å². The van der Waals surface area contributed by atoms with Crippen molar-refractivity contribution in [3.8, 4) is 0 Å². The van der Waals surface area contributed by atoms with Crippen LogP contribution in [0.5, 0.6) is 0 Å². The van der Waals surface area contributed by atoms with Crippen LogP contribution in [0.3, 0.4) is 0 Å². The van der Waals surface area contributed by atoms with Gasteiger partial charge in [0.15, 0.2) is 0 Å². The van der Waals surface area contributed by atoms with Gasteiger partial charge in [0.2, 0.25) is 0 Å². The van der Waals surface area contributed by atoms with Crippen LogP contribution in [0.4, 0.5) is 0 Å². The fraction of sp³-hybridized carbons (Fsp3) is 1.00. The number of hydrogen-bond acceptors (Lipinski definition) is 2. The third-order valence-electron chi connectivity index (χ3n) is 4.02. The molecule has 0 heterocycles. The summed E-state index contributed by atoms with van der Waals surface area (Å²) in [4.78, 5) is 0. The second-order valence-electron chi connectivity index (χ2n) is 5.58. The van der Waals surface area contributed by atoms with Crippen LogP contribution < -0.4 is 5.32 Å². The largest absolute Gasteiger partial charge is 0.396 e. The molecule has 0 bridgehead atoms. The fourth-order valence-corrected chi connectivity index (χ4v) is 2.81. The third-order valence-corrected chi connectivity index (χ3v) is 4.02. The molecule has 0 saturated heterocycles. The Morgan fingerprint density at radius 3 is 2.75 bits per heavy atom. The van der Waals surface area contributed by atoms with E-state index in [2.05, 4.69) is 19.2 Å². The Balaban J connectivity index is 2.08. The lowest BCUT2D eigenvalue weighted by Gasteiger charge is -2.29. The molecule has 1 aliphatic rings. The second-order valence-corrected chi connectivity index (χ2v) is 5.58. The predicted molar refractivity (Wildman–Crippen MR) is 69.5 cm³/mol. The minimum absolute atomic E-state index is 0.324. The molecule has 0 aromatic heterocycles. The Hall–Kier alpha value is -0.0800. The molecule has 1 saturated carbocycles. The van der Waals surface area contributed by atoms with Crippen LogP contribution in [-0.2, 0) is 0 Å². The first-order chi connectivity index (χ1) is 7.76. The maximum atomic E-state index is 8.82. The van der Waals surface area contributed by atoms with Crippen molar-refractivity contribution in [2.75, 3.05) is 19.7 Å². The molecule has 96 valence electrons. The highest BCUT2D eigenvalue weighted by Gasteiger charge is 2.20.